The molecule has 0 saturated heterocycles. The maximum atomic E-state index is 12.8. The third kappa shape index (κ3) is 3.92. The van der Waals surface area contributed by atoms with Gasteiger partial charge in [-0.05, 0) is 59.9 Å². The van der Waals surface area contributed by atoms with E-state index in [1.54, 1.807) is 0 Å². The van der Waals surface area contributed by atoms with Crippen LogP contribution in [0.25, 0.3) is 10.8 Å². The molecule has 1 fully saturated rings. The quantitative estimate of drug-likeness (QED) is 0.574. The molecule has 0 radical (unpaired) electrons. The van der Waals surface area contributed by atoms with Gasteiger partial charge >= 0.3 is 0 Å². The van der Waals surface area contributed by atoms with Crippen LogP contribution in [0.2, 0.25) is 0 Å². The van der Waals surface area contributed by atoms with Gasteiger partial charge in [0.25, 0.3) is 11.8 Å². The number of amides is 2. The summed E-state index contributed by atoms with van der Waals surface area (Å²) >= 11 is 3.54. The molecule has 5 nitrogen and oxygen atoms in total. The Labute approximate surface area is 189 Å². The Morgan fingerprint density at radius 1 is 1.13 bits per heavy atom. The number of nitrogens with one attached hydrogen (secondary N) is 2. The molecule has 0 aromatic heterocycles. The summed E-state index contributed by atoms with van der Waals surface area (Å²) in [5.74, 6) is 0.573. The zero-order chi connectivity index (χ0) is 21.6. The van der Waals surface area contributed by atoms with Gasteiger partial charge in [-0.25, -0.2) is 0 Å². The van der Waals surface area contributed by atoms with Gasteiger partial charge in [-0.3, -0.25) is 9.59 Å². The van der Waals surface area contributed by atoms with E-state index in [1.807, 2.05) is 61.5 Å². The molecule has 1 atom stereocenters. The molecule has 2 aliphatic rings. The summed E-state index contributed by atoms with van der Waals surface area (Å²) < 4.78 is 6.92. The molecule has 1 aliphatic carbocycles. The second-order valence-corrected chi connectivity index (χ2v) is 9.36. The molecule has 2 N–H and O–H groups in total. The third-order valence-corrected chi connectivity index (χ3v) is 6.86. The minimum atomic E-state index is -0.511. The van der Waals surface area contributed by atoms with Crippen molar-refractivity contribution in [2.75, 3.05) is 6.54 Å². The molecule has 6 heteroatoms. The number of aryl methyl sites for hydroxylation is 1. The van der Waals surface area contributed by atoms with Crippen molar-refractivity contribution in [3.63, 3.8) is 0 Å². The summed E-state index contributed by atoms with van der Waals surface area (Å²) in [4.78, 5) is 25.5. The number of hydrogen-bond donors (Lipinski definition) is 2. The SMILES string of the molecule is Cc1cccc2c1OC(C(=O)NC1(CNC(=O)c3ccc4c(Br)cccc4c3)CC1)C2. The second-order valence-electron chi connectivity index (χ2n) is 8.50. The maximum absolute atomic E-state index is 12.8. The van der Waals surface area contributed by atoms with E-state index in [4.69, 9.17) is 4.74 Å². The van der Waals surface area contributed by atoms with Gasteiger partial charge in [0.05, 0.1) is 5.54 Å². The maximum Gasteiger partial charge on any atom is 0.261 e. The molecule has 1 heterocycles. The zero-order valence-corrected chi connectivity index (χ0v) is 18.8. The monoisotopic (exact) mass is 478 g/mol. The van der Waals surface area contributed by atoms with E-state index in [9.17, 15) is 9.59 Å². The highest BCUT2D eigenvalue weighted by Gasteiger charge is 2.46. The molecule has 0 spiro atoms. The number of rotatable bonds is 5. The predicted octanol–water partition coefficient (Wildman–Crippen LogP) is 4.29. The van der Waals surface area contributed by atoms with Gasteiger partial charge in [0, 0.05) is 23.0 Å². The first kappa shape index (κ1) is 20.1. The van der Waals surface area contributed by atoms with Crippen LogP contribution in [0, 0.1) is 6.92 Å². The van der Waals surface area contributed by atoms with Crippen LogP contribution in [-0.2, 0) is 11.2 Å². The highest BCUT2D eigenvalue weighted by Crippen LogP contribution is 2.37. The number of hydrogen-bond acceptors (Lipinski definition) is 3. The molecule has 5 rings (SSSR count). The van der Waals surface area contributed by atoms with E-state index < -0.39 is 6.10 Å². The van der Waals surface area contributed by atoms with Gasteiger partial charge in [0.1, 0.15) is 5.75 Å². The van der Waals surface area contributed by atoms with Crippen LogP contribution in [0.1, 0.15) is 34.3 Å². The number of para-hydroxylation sites is 1. The third-order valence-electron chi connectivity index (χ3n) is 6.17. The first-order chi connectivity index (χ1) is 14.9. The topological polar surface area (TPSA) is 67.4 Å². The number of carbonyl (C=O) groups is 2. The highest BCUT2D eigenvalue weighted by molar-refractivity contribution is 9.10. The van der Waals surface area contributed by atoms with Crippen LogP contribution in [-0.4, -0.2) is 30.0 Å². The van der Waals surface area contributed by atoms with Crippen LogP contribution in [0.15, 0.2) is 59.1 Å². The molecule has 1 saturated carbocycles. The molecule has 2 amide bonds. The van der Waals surface area contributed by atoms with Crippen molar-refractivity contribution in [2.45, 2.75) is 37.8 Å². The lowest BCUT2D eigenvalue weighted by Crippen LogP contribution is -2.50. The van der Waals surface area contributed by atoms with Crippen LogP contribution in [0.5, 0.6) is 5.75 Å². The minimum absolute atomic E-state index is 0.113. The fraction of sp³-hybridized carbons (Fsp3) is 0.280. The Balaban J connectivity index is 1.20. The molecule has 3 aromatic carbocycles. The lowest BCUT2D eigenvalue weighted by molar-refractivity contribution is -0.128. The van der Waals surface area contributed by atoms with Crippen molar-refractivity contribution in [3.8, 4) is 5.75 Å². The van der Waals surface area contributed by atoms with Gasteiger partial charge in [0.2, 0.25) is 0 Å². The lowest BCUT2D eigenvalue weighted by Gasteiger charge is -2.20. The first-order valence-electron chi connectivity index (χ1n) is 10.5. The lowest BCUT2D eigenvalue weighted by atomic mass is 10.1. The van der Waals surface area contributed by atoms with E-state index in [0.29, 0.717) is 18.5 Å². The molecular formula is C25H23BrN2O3. The van der Waals surface area contributed by atoms with Crippen LogP contribution >= 0.6 is 15.9 Å². The van der Waals surface area contributed by atoms with Crippen LogP contribution in [0.3, 0.4) is 0 Å². The Kier molecular flexibility index (Phi) is 4.97. The first-order valence-corrected chi connectivity index (χ1v) is 11.3. The van der Waals surface area contributed by atoms with E-state index in [2.05, 4.69) is 26.6 Å². The zero-order valence-electron chi connectivity index (χ0n) is 17.2. The standard InChI is InChI=1S/C25H23BrN2O3/c1-15-4-2-6-17-13-21(31-22(15)17)24(30)28-25(10-11-25)14-27-23(29)18-8-9-19-16(12-18)5-3-7-20(19)26/h2-9,12,21H,10-11,13-14H2,1H3,(H,27,29)(H,28,30). The van der Waals surface area contributed by atoms with Crippen molar-refractivity contribution < 1.29 is 14.3 Å². The van der Waals surface area contributed by atoms with E-state index in [0.717, 1.165) is 45.0 Å². The number of carbonyl (C=O) groups excluding carboxylic acids is 2. The van der Waals surface area contributed by atoms with Crippen molar-refractivity contribution in [2.24, 2.45) is 0 Å². The smallest absolute Gasteiger partial charge is 0.261 e. The largest absolute Gasteiger partial charge is 0.480 e. The molecule has 31 heavy (non-hydrogen) atoms. The molecular weight excluding hydrogens is 456 g/mol. The second kappa shape index (κ2) is 7.68. The highest BCUT2D eigenvalue weighted by atomic mass is 79.9. The van der Waals surface area contributed by atoms with Crippen molar-refractivity contribution >= 4 is 38.5 Å². The number of benzene rings is 3. The predicted molar refractivity (Wildman–Crippen MR) is 123 cm³/mol. The van der Waals surface area contributed by atoms with Gasteiger partial charge in [-0.2, -0.15) is 0 Å². The average Bonchev–Trinajstić information content (AvgIpc) is 3.37. The molecule has 0 bridgehead atoms. The summed E-state index contributed by atoms with van der Waals surface area (Å²) in [6.45, 7) is 2.40. The number of ether oxygens (including phenoxy) is 1. The van der Waals surface area contributed by atoms with Gasteiger partial charge in [-0.1, -0.05) is 52.3 Å². The fourth-order valence-corrected chi connectivity index (χ4v) is 4.66. The Morgan fingerprint density at radius 3 is 2.71 bits per heavy atom. The molecule has 158 valence electrons. The van der Waals surface area contributed by atoms with Gasteiger partial charge in [0.15, 0.2) is 6.10 Å². The normalized spacial score (nSPS) is 18.2. The molecule has 1 aliphatic heterocycles. The average molecular weight is 479 g/mol. The summed E-state index contributed by atoms with van der Waals surface area (Å²) in [5.41, 5.74) is 2.35. The van der Waals surface area contributed by atoms with Crippen molar-refractivity contribution in [1.29, 1.82) is 0 Å². The fourth-order valence-electron chi connectivity index (χ4n) is 4.15. The molecule has 1 unspecified atom stereocenters. The summed E-state index contributed by atoms with van der Waals surface area (Å²) in [6, 6.07) is 17.6. The number of fused-ring (bicyclic) bond motifs is 2. The van der Waals surface area contributed by atoms with Crippen LogP contribution in [0.4, 0.5) is 0 Å². The van der Waals surface area contributed by atoms with E-state index >= 15 is 0 Å². The van der Waals surface area contributed by atoms with E-state index in [-0.39, 0.29) is 17.4 Å². The van der Waals surface area contributed by atoms with Gasteiger partial charge < -0.3 is 15.4 Å². The molecule has 3 aromatic rings. The summed E-state index contributed by atoms with van der Waals surface area (Å²) in [7, 11) is 0. The Morgan fingerprint density at radius 2 is 1.94 bits per heavy atom. The van der Waals surface area contributed by atoms with E-state index in [1.165, 1.54) is 0 Å². The minimum Gasteiger partial charge on any atom is -0.480 e. The van der Waals surface area contributed by atoms with Gasteiger partial charge in [-0.15, -0.1) is 0 Å². The summed E-state index contributed by atoms with van der Waals surface area (Å²) in [6.07, 6.45) is 1.77. The van der Waals surface area contributed by atoms with Crippen molar-refractivity contribution in [3.05, 3.63) is 75.8 Å². The Bertz CT molecular complexity index is 1200. The summed E-state index contributed by atoms with van der Waals surface area (Å²) in [5, 5.41) is 8.19. The van der Waals surface area contributed by atoms with Crippen molar-refractivity contribution in [1.82, 2.24) is 10.6 Å². The van der Waals surface area contributed by atoms with Crippen LogP contribution < -0.4 is 15.4 Å². The Hall–Kier alpha value is -2.86. The number of halogens is 1.